The van der Waals surface area contributed by atoms with Crippen LogP contribution >= 0.6 is 11.3 Å². The van der Waals surface area contributed by atoms with Crippen molar-refractivity contribution in [1.82, 2.24) is 0 Å². The van der Waals surface area contributed by atoms with Gasteiger partial charge in [-0.3, -0.25) is 0 Å². The third-order valence-corrected chi connectivity index (χ3v) is 1.14. The molecule has 1 aromatic heterocycles. The highest BCUT2D eigenvalue weighted by atomic mass is 32.1. The van der Waals surface area contributed by atoms with Gasteiger partial charge in [-0.25, -0.2) is 4.39 Å². The van der Waals surface area contributed by atoms with Crippen molar-refractivity contribution < 1.29 is 4.39 Å². The number of hydrogen-bond acceptors (Lipinski definition) is 1. The molecule has 1 heterocycles. The minimum absolute atomic E-state index is 0.139. The molecule has 0 radical (unpaired) electrons. The number of rotatable bonds is 0. The van der Waals surface area contributed by atoms with Crippen LogP contribution in [0.15, 0.2) is 16.8 Å². The fraction of sp³-hybridized carbons (Fsp3) is 0.333. The topological polar surface area (TPSA) is 0 Å². The van der Waals surface area contributed by atoms with Gasteiger partial charge in [-0.15, -0.1) is 11.3 Å². The highest BCUT2D eigenvalue weighted by Crippen LogP contribution is 2.00. The van der Waals surface area contributed by atoms with Gasteiger partial charge < -0.3 is 0 Å². The summed E-state index contributed by atoms with van der Waals surface area (Å²) in [4.78, 5) is 0. The molecule has 1 rings (SSSR count). The molecule has 0 N–H and O–H groups in total. The van der Waals surface area contributed by atoms with Crippen molar-refractivity contribution in [2.45, 2.75) is 13.8 Å². The molecule has 0 fully saturated rings. The summed E-state index contributed by atoms with van der Waals surface area (Å²) in [6.45, 7) is 4.00. The fourth-order valence-corrected chi connectivity index (χ4v) is 0.744. The van der Waals surface area contributed by atoms with Crippen LogP contribution in [0.5, 0.6) is 0 Å². The van der Waals surface area contributed by atoms with Gasteiger partial charge in [-0.1, -0.05) is 13.8 Å². The molecular weight excluding hydrogens is 123 g/mol. The first-order valence-corrected chi connectivity index (χ1v) is 3.51. The van der Waals surface area contributed by atoms with E-state index in [4.69, 9.17) is 0 Å². The first kappa shape index (κ1) is 7.63. The SMILES string of the molecule is CC.Fc1ccsc1. The molecule has 0 saturated carbocycles. The van der Waals surface area contributed by atoms with Crippen molar-refractivity contribution in [3.63, 3.8) is 0 Å². The quantitative estimate of drug-likeness (QED) is 0.509. The van der Waals surface area contributed by atoms with E-state index < -0.39 is 0 Å². The second kappa shape index (κ2) is 4.78. The van der Waals surface area contributed by atoms with Gasteiger partial charge in [0.05, 0.1) is 0 Å². The summed E-state index contributed by atoms with van der Waals surface area (Å²) in [7, 11) is 0. The van der Waals surface area contributed by atoms with Crippen LogP contribution in [0.1, 0.15) is 13.8 Å². The maximum Gasteiger partial charge on any atom is 0.133 e. The third-order valence-electron chi connectivity index (χ3n) is 0.486. The Bertz CT molecular complexity index is 112. The molecule has 2 heteroatoms. The summed E-state index contributed by atoms with van der Waals surface area (Å²) < 4.78 is 11.7. The summed E-state index contributed by atoms with van der Waals surface area (Å²) >= 11 is 1.36. The predicted octanol–water partition coefficient (Wildman–Crippen LogP) is 2.91. The fourth-order valence-electron chi connectivity index (χ4n) is 0.248. The van der Waals surface area contributed by atoms with E-state index in [0.717, 1.165) is 0 Å². The standard InChI is InChI=1S/C4H3FS.C2H6/c5-4-1-2-6-3-4;1-2/h1-3H;1-2H3. The Kier molecular flexibility index (Phi) is 4.56. The second-order valence-corrected chi connectivity index (χ2v) is 1.72. The van der Waals surface area contributed by atoms with Gasteiger partial charge in [0, 0.05) is 5.38 Å². The zero-order valence-electron chi connectivity index (χ0n) is 5.02. The molecule has 8 heavy (non-hydrogen) atoms. The lowest BCUT2D eigenvalue weighted by Crippen LogP contribution is -1.48. The van der Waals surface area contributed by atoms with E-state index in [2.05, 4.69) is 0 Å². The lowest BCUT2D eigenvalue weighted by molar-refractivity contribution is 0.633. The first-order chi connectivity index (χ1) is 3.89. The van der Waals surface area contributed by atoms with Crippen molar-refractivity contribution in [2.24, 2.45) is 0 Å². The number of hydrogen-bond donors (Lipinski definition) is 0. The van der Waals surface area contributed by atoms with E-state index in [1.807, 2.05) is 13.8 Å². The van der Waals surface area contributed by atoms with E-state index in [0.29, 0.717) is 0 Å². The van der Waals surface area contributed by atoms with E-state index in [1.165, 1.54) is 22.8 Å². The molecule has 1 aromatic rings. The Morgan fingerprint density at radius 3 is 2.25 bits per heavy atom. The summed E-state index contributed by atoms with van der Waals surface area (Å²) in [5, 5.41) is 3.16. The molecule has 0 aliphatic carbocycles. The zero-order valence-corrected chi connectivity index (χ0v) is 5.83. The summed E-state index contributed by atoms with van der Waals surface area (Å²) in [5.41, 5.74) is 0. The van der Waals surface area contributed by atoms with Gasteiger partial charge in [0.15, 0.2) is 0 Å². The van der Waals surface area contributed by atoms with Crippen molar-refractivity contribution in [2.75, 3.05) is 0 Å². The maximum absolute atomic E-state index is 11.7. The lowest BCUT2D eigenvalue weighted by Gasteiger charge is -1.60. The second-order valence-electron chi connectivity index (χ2n) is 0.942. The van der Waals surface area contributed by atoms with Crippen LogP contribution in [0.25, 0.3) is 0 Å². The summed E-state index contributed by atoms with van der Waals surface area (Å²) in [6, 6.07) is 1.44. The van der Waals surface area contributed by atoms with Gasteiger partial charge in [0.1, 0.15) is 5.82 Å². The van der Waals surface area contributed by atoms with E-state index >= 15 is 0 Å². The molecule has 0 nitrogen and oxygen atoms in total. The summed E-state index contributed by atoms with van der Waals surface area (Å²) in [5.74, 6) is -0.139. The van der Waals surface area contributed by atoms with Crippen LogP contribution < -0.4 is 0 Å². The van der Waals surface area contributed by atoms with Gasteiger partial charge in [0.25, 0.3) is 0 Å². The van der Waals surface area contributed by atoms with Crippen molar-refractivity contribution in [1.29, 1.82) is 0 Å². The average molecular weight is 132 g/mol. The Morgan fingerprint density at radius 1 is 1.50 bits per heavy atom. The van der Waals surface area contributed by atoms with Crippen molar-refractivity contribution >= 4 is 11.3 Å². The summed E-state index contributed by atoms with van der Waals surface area (Å²) in [6.07, 6.45) is 0. The normalized spacial score (nSPS) is 7.38. The molecular formula is C6H9FS. The van der Waals surface area contributed by atoms with Crippen LogP contribution in [0.4, 0.5) is 4.39 Å². The molecule has 0 amide bonds. The molecule has 0 unspecified atom stereocenters. The minimum atomic E-state index is -0.139. The molecule has 0 atom stereocenters. The monoisotopic (exact) mass is 132 g/mol. The van der Waals surface area contributed by atoms with Gasteiger partial charge in [-0.05, 0) is 11.4 Å². The first-order valence-electron chi connectivity index (χ1n) is 2.57. The molecule has 0 saturated heterocycles. The van der Waals surface area contributed by atoms with Crippen LogP contribution in [0.3, 0.4) is 0 Å². The zero-order chi connectivity index (χ0) is 6.41. The van der Waals surface area contributed by atoms with Gasteiger partial charge in [-0.2, -0.15) is 0 Å². The van der Waals surface area contributed by atoms with Crippen LogP contribution in [-0.4, -0.2) is 0 Å². The van der Waals surface area contributed by atoms with E-state index in [9.17, 15) is 4.39 Å². The molecule has 0 bridgehead atoms. The van der Waals surface area contributed by atoms with E-state index in [-0.39, 0.29) is 5.82 Å². The number of thiophene rings is 1. The van der Waals surface area contributed by atoms with Crippen molar-refractivity contribution in [3.8, 4) is 0 Å². The highest BCUT2D eigenvalue weighted by Gasteiger charge is 1.79. The molecule has 0 spiro atoms. The maximum atomic E-state index is 11.7. The molecule has 0 aliphatic heterocycles. The van der Waals surface area contributed by atoms with E-state index in [1.54, 1.807) is 5.38 Å². The average Bonchev–Trinajstić information content (AvgIpc) is 2.24. The highest BCUT2D eigenvalue weighted by molar-refractivity contribution is 7.07. The Labute approximate surface area is 53.0 Å². The van der Waals surface area contributed by atoms with Gasteiger partial charge >= 0.3 is 0 Å². The minimum Gasteiger partial charge on any atom is -0.206 e. The molecule has 0 aromatic carbocycles. The van der Waals surface area contributed by atoms with Crippen LogP contribution in [0, 0.1) is 5.82 Å². The Morgan fingerprint density at radius 2 is 2.12 bits per heavy atom. The smallest absolute Gasteiger partial charge is 0.133 e. The number of halogens is 1. The Balaban J connectivity index is 0.000000222. The van der Waals surface area contributed by atoms with Gasteiger partial charge in [0.2, 0.25) is 0 Å². The lowest BCUT2D eigenvalue weighted by atomic mass is 10.6. The predicted molar refractivity (Wildman–Crippen MR) is 35.6 cm³/mol. The van der Waals surface area contributed by atoms with Crippen LogP contribution in [0.2, 0.25) is 0 Å². The van der Waals surface area contributed by atoms with Crippen molar-refractivity contribution in [3.05, 3.63) is 22.6 Å². The molecule has 0 aliphatic rings. The van der Waals surface area contributed by atoms with Crippen LogP contribution in [-0.2, 0) is 0 Å². The molecule has 46 valence electrons. The third kappa shape index (κ3) is 2.75. The largest absolute Gasteiger partial charge is 0.206 e. The Hall–Kier alpha value is -0.370.